The van der Waals surface area contributed by atoms with E-state index in [0.717, 1.165) is 24.3 Å². The minimum Gasteiger partial charge on any atom is -0.324 e. The molecule has 0 saturated carbocycles. The van der Waals surface area contributed by atoms with Crippen LogP contribution in [0.5, 0.6) is 0 Å². The Labute approximate surface area is 188 Å². The molecule has 0 aliphatic heterocycles. The fraction of sp³-hybridized carbons (Fsp3) is 0.105. The Morgan fingerprint density at radius 3 is 2.38 bits per heavy atom. The predicted octanol–water partition coefficient (Wildman–Crippen LogP) is 4.46. The van der Waals surface area contributed by atoms with Gasteiger partial charge >= 0.3 is 14.0 Å². The van der Waals surface area contributed by atoms with Crippen LogP contribution in [-0.2, 0) is 15.4 Å². The van der Waals surface area contributed by atoms with Crippen LogP contribution >= 0.6 is 7.82 Å². The van der Waals surface area contributed by atoms with Gasteiger partial charge in [-0.25, -0.2) is 19.4 Å². The number of phosphoric acid groups is 1. The van der Waals surface area contributed by atoms with Gasteiger partial charge in [-0.05, 0) is 43.3 Å². The van der Waals surface area contributed by atoms with Crippen molar-refractivity contribution in [3.63, 3.8) is 0 Å². The van der Waals surface area contributed by atoms with Gasteiger partial charge in [0.1, 0.15) is 17.5 Å². The summed E-state index contributed by atoms with van der Waals surface area (Å²) in [5.74, 6) is -0.394. The van der Waals surface area contributed by atoms with Crippen molar-refractivity contribution < 1.29 is 36.5 Å². The van der Waals surface area contributed by atoms with Gasteiger partial charge in [0, 0.05) is 17.8 Å². The minimum absolute atomic E-state index is 0.104. The molecule has 10 nitrogen and oxygen atoms in total. The smallest absolute Gasteiger partial charge is 0.324 e. The third-order valence-corrected chi connectivity index (χ3v) is 4.79. The molecule has 15 heteroatoms. The Morgan fingerprint density at radius 1 is 1.03 bits per heavy atom. The molecule has 4 rings (SSSR count). The van der Waals surface area contributed by atoms with Crippen LogP contribution in [0.3, 0.4) is 0 Å². The van der Waals surface area contributed by atoms with Crippen molar-refractivity contribution in [2.45, 2.75) is 13.1 Å². The summed E-state index contributed by atoms with van der Waals surface area (Å²) in [6.07, 6.45) is -4.51. The number of nitrogens with one attached hydrogen (secondary N) is 2. The van der Waals surface area contributed by atoms with Crippen LogP contribution in [-0.4, -0.2) is 29.3 Å². The number of aromatic nitrogens is 4. The summed E-state index contributed by atoms with van der Waals surface area (Å²) in [4.78, 5) is 30.6. The van der Waals surface area contributed by atoms with Crippen molar-refractivity contribution in [1.82, 2.24) is 19.5 Å². The standard InChI is InChI=1S/C19H15F4N6O4P/c1-10-24-14-7-4-12(20)8-15(14)29(10)17-9-16(28-33-34(30,31)32)26-18(27-17)25-13-5-2-11(3-6-13)19(21,22)23/h2-9H,1H3,(H2,30,31,32)(H2,25,26,27,28). The maximum absolute atomic E-state index is 13.9. The highest BCUT2D eigenvalue weighted by atomic mass is 31.2. The first-order valence-corrected chi connectivity index (χ1v) is 10.9. The molecule has 34 heavy (non-hydrogen) atoms. The highest BCUT2D eigenvalue weighted by molar-refractivity contribution is 7.46. The lowest BCUT2D eigenvalue weighted by molar-refractivity contribution is -0.137. The molecule has 0 unspecified atom stereocenters. The van der Waals surface area contributed by atoms with Gasteiger partial charge in [0.25, 0.3) is 0 Å². The number of imidazole rings is 1. The number of alkyl halides is 3. The molecule has 0 radical (unpaired) electrons. The van der Waals surface area contributed by atoms with Gasteiger partial charge in [-0.15, -0.1) is 0 Å². The molecule has 0 aliphatic rings. The van der Waals surface area contributed by atoms with Crippen LogP contribution < -0.4 is 10.8 Å². The van der Waals surface area contributed by atoms with Gasteiger partial charge in [0.2, 0.25) is 5.95 Å². The molecule has 4 N–H and O–H groups in total. The topological polar surface area (TPSA) is 134 Å². The van der Waals surface area contributed by atoms with E-state index in [9.17, 15) is 22.1 Å². The van der Waals surface area contributed by atoms with Gasteiger partial charge in [-0.2, -0.15) is 27.8 Å². The van der Waals surface area contributed by atoms with E-state index in [0.29, 0.717) is 16.9 Å². The Kier molecular flexibility index (Phi) is 6.00. The fourth-order valence-electron chi connectivity index (χ4n) is 3.09. The Bertz CT molecular complexity index is 1400. The van der Waals surface area contributed by atoms with E-state index in [1.54, 1.807) is 6.92 Å². The van der Waals surface area contributed by atoms with E-state index in [1.165, 1.54) is 28.8 Å². The first kappa shape index (κ1) is 23.6. The number of hydrogen-bond acceptors (Lipinski definition) is 7. The molecule has 0 spiro atoms. The molecule has 4 aromatic rings. The lowest BCUT2D eigenvalue weighted by Crippen LogP contribution is -2.09. The Hall–Kier alpha value is -3.58. The molecule has 0 saturated heterocycles. The zero-order valence-corrected chi connectivity index (χ0v) is 18.0. The second-order valence-corrected chi connectivity index (χ2v) is 8.11. The molecular weight excluding hydrogens is 483 g/mol. The molecule has 178 valence electrons. The number of fused-ring (bicyclic) bond motifs is 1. The first-order valence-electron chi connectivity index (χ1n) is 9.37. The number of nitrogens with zero attached hydrogens (tertiary/aromatic N) is 4. The summed E-state index contributed by atoms with van der Waals surface area (Å²) in [5.41, 5.74) is 2.16. The largest absolute Gasteiger partial charge is 0.491 e. The summed E-state index contributed by atoms with van der Waals surface area (Å²) < 4.78 is 69.1. The fourth-order valence-corrected chi connectivity index (χ4v) is 3.31. The first-order chi connectivity index (χ1) is 15.9. The Balaban J connectivity index is 1.77. The van der Waals surface area contributed by atoms with E-state index in [-0.39, 0.29) is 23.3 Å². The van der Waals surface area contributed by atoms with Gasteiger partial charge in [-0.1, -0.05) is 0 Å². The molecule has 0 aliphatic carbocycles. The average molecular weight is 498 g/mol. The van der Waals surface area contributed by atoms with Crippen molar-refractivity contribution in [1.29, 1.82) is 0 Å². The third-order valence-electron chi connectivity index (χ3n) is 4.46. The van der Waals surface area contributed by atoms with Crippen molar-refractivity contribution in [2.24, 2.45) is 0 Å². The van der Waals surface area contributed by atoms with Crippen molar-refractivity contribution in [2.75, 3.05) is 10.8 Å². The number of rotatable bonds is 6. The summed E-state index contributed by atoms with van der Waals surface area (Å²) in [5, 5.41) is 2.71. The average Bonchev–Trinajstić information content (AvgIpc) is 3.06. The zero-order valence-electron chi connectivity index (χ0n) is 17.1. The van der Waals surface area contributed by atoms with Crippen molar-refractivity contribution in [3.8, 4) is 5.82 Å². The highest BCUT2D eigenvalue weighted by Gasteiger charge is 2.30. The van der Waals surface area contributed by atoms with Crippen LogP contribution in [0.2, 0.25) is 0 Å². The van der Waals surface area contributed by atoms with Crippen LogP contribution in [0, 0.1) is 12.7 Å². The number of anilines is 3. The lowest BCUT2D eigenvalue weighted by Gasteiger charge is -2.13. The summed E-state index contributed by atoms with van der Waals surface area (Å²) in [6.45, 7) is 1.63. The summed E-state index contributed by atoms with van der Waals surface area (Å²) in [6, 6.07) is 9.21. The Morgan fingerprint density at radius 2 is 1.74 bits per heavy atom. The SMILES string of the molecule is Cc1nc2ccc(F)cc2n1-c1cc(NOP(=O)(O)O)nc(Nc2ccc(C(F)(F)F)cc2)n1. The monoisotopic (exact) mass is 498 g/mol. The van der Waals surface area contributed by atoms with Crippen LogP contribution in [0.15, 0.2) is 48.5 Å². The quantitative estimate of drug-likeness (QED) is 0.173. The van der Waals surface area contributed by atoms with E-state index >= 15 is 0 Å². The van der Waals surface area contributed by atoms with E-state index in [2.05, 4.69) is 24.9 Å². The number of benzene rings is 2. The van der Waals surface area contributed by atoms with E-state index in [4.69, 9.17) is 9.79 Å². The van der Waals surface area contributed by atoms with Crippen molar-refractivity contribution >= 4 is 36.3 Å². The molecule has 2 heterocycles. The lowest BCUT2D eigenvalue weighted by atomic mass is 10.2. The molecule has 0 fully saturated rings. The summed E-state index contributed by atoms with van der Waals surface area (Å²) >= 11 is 0. The maximum Gasteiger partial charge on any atom is 0.491 e. The molecule has 2 aromatic heterocycles. The maximum atomic E-state index is 13.9. The zero-order chi connectivity index (χ0) is 24.7. The van der Waals surface area contributed by atoms with Crippen LogP contribution in [0.25, 0.3) is 16.9 Å². The van der Waals surface area contributed by atoms with Crippen LogP contribution in [0.1, 0.15) is 11.4 Å². The van der Waals surface area contributed by atoms with Crippen LogP contribution in [0.4, 0.5) is 35.0 Å². The second kappa shape index (κ2) is 8.65. The molecule has 2 aromatic carbocycles. The minimum atomic E-state index is -4.93. The van der Waals surface area contributed by atoms with Gasteiger partial charge in [-0.3, -0.25) is 4.57 Å². The highest BCUT2D eigenvalue weighted by Crippen LogP contribution is 2.36. The van der Waals surface area contributed by atoms with Gasteiger partial charge in [0.05, 0.1) is 16.6 Å². The van der Waals surface area contributed by atoms with E-state index in [1.807, 2.05) is 5.48 Å². The number of hydrogen-bond donors (Lipinski definition) is 4. The molecular formula is C19H15F4N6O4P. The second-order valence-electron chi connectivity index (χ2n) is 6.95. The molecule has 0 amide bonds. The molecule has 0 atom stereocenters. The normalized spacial score (nSPS) is 12.2. The third kappa shape index (κ3) is 5.31. The van der Waals surface area contributed by atoms with Gasteiger partial charge < -0.3 is 15.1 Å². The predicted molar refractivity (Wildman–Crippen MR) is 113 cm³/mol. The van der Waals surface area contributed by atoms with Crippen molar-refractivity contribution in [3.05, 3.63) is 65.7 Å². The summed E-state index contributed by atoms with van der Waals surface area (Å²) in [7, 11) is -4.93. The van der Waals surface area contributed by atoms with Gasteiger partial charge in [0.15, 0.2) is 5.82 Å². The number of aryl methyl sites for hydroxylation is 1. The van der Waals surface area contributed by atoms with E-state index < -0.39 is 25.4 Å². The number of halogens is 4. The molecule has 0 bridgehead atoms.